The Morgan fingerprint density at radius 2 is 1.90 bits per heavy atom. The molecular weight excluding hydrogens is 443 g/mol. The Labute approximate surface area is 175 Å². The summed E-state index contributed by atoms with van der Waals surface area (Å²) >= 11 is 0. The van der Waals surface area contributed by atoms with Gasteiger partial charge < -0.3 is 24.2 Å². The van der Waals surface area contributed by atoms with Crippen molar-refractivity contribution in [2.45, 2.75) is 24.9 Å². The minimum absolute atomic E-state index is 0.0194. The second-order valence-corrected chi connectivity index (χ2v) is 7.45. The van der Waals surface area contributed by atoms with E-state index in [-0.39, 0.29) is 26.1 Å². The Balaban J connectivity index is 0.000000373. The van der Waals surface area contributed by atoms with Gasteiger partial charge in [0.2, 0.25) is 0 Å². The molecule has 1 aliphatic heterocycles. The molecule has 1 fully saturated rings. The second-order valence-electron chi connectivity index (χ2n) is 6.07. The number of carbonyl (C=O) groups is 2. The lowest BCUT2D eigenvalue weighted by Gasteiger charge is -2.16. The van der Waals surface area contributed by atoms with Gasteiger partial charge in [0.1, 0.15) is 12.3 Å². The van der Waals surface area contributed by atoms with E-state index in [1.807, 2.05) is 0 Å². The molecule has 1 saturated heterocycles. The molecule has 0 saturated carbocycles. The molecule has 0 spiro atoms. The average molecular weight is 468 g/mol. The summed E-state index contributed by atoms with van der Waals surface area (Å²) in [5.74, 6) is -0.817. The minimum atomic E-state index is -4.16. The van der Waals surface area contributed by atoms with Crippen molar-refractivity contribution in [3.63, 3.8) is 0 Å². The first kappa shape index (κ1) is 26.6. The Hall–Kier alpha value is -2.39. The summed E-state index contributed by atoms with van der Waals surface area (Å²) in [7, 11) is -1.60. The number of esters is 2. The van der Waals surface area contributed by atoms with Crippen molar-refractivity contribution in [1.29, 1.82) is 0 Å². The lowest BCUT2D eigenvalue weighted by Crippen LogP contribution is -2.31. The molecule has 1 aromatic rings. The number of aromatic nitrogens is 2. The van der Waals surface area contributed by atoms with Gasteiger partial charge in [-0.25, -0.2) is 14.9 Å². The number of carbonyl (C=O) groups excluding carboxylic acids is 2. The fourth-order valence-electron chi connectivity index (χ4n) is 2.28. The van der Waals surface area contributed by atoms with Gasteiger partial charge in [-0.3, -0.25) is 33.8 Å². The number of ether oxygens (including phenoxy) is 3. The van der Waals surface area contributed by atoms with Gasteiger partial charge in [0.25, 0.3) is 5.56 Å². The molecular formula is C15H25N4O11P. The molecule has 4 atom stereocenters. The van der Waals surface area contributed by atoms with Crippen LogP contribution in [0.15, 0.2) is 21.9 Å². The summed E-state index contributed by atoms with van der Waals surface area (Å²) < 4.78 is 30.4. The zero-order valence-electron chi connectivity index (χ0n) is 16.8. The van der Waals surface area contributed by atoms with E-state index in [0.29, 0.717) is 0 Å². The third-order valence-electron chi connectivity index (χ3n) is 3.78. The fraction of sp³-hybridized carbons (Fsp3) is 0.600. The Morgan fingerprint density at radius 1 is 1.32 bits per heavy atom. The van der Waals surface area contributed by atoms with Crippen molar-refractivity contribution < 1.29 is 42.9 Å². The van der Waals surface area contributed by atoms with E-state index in [9.17, 15) is 28.8 Å². The maximum atomic E-state index is 11.6. The highest BCUT2D eigenvalue weighted by Gasteiger charge is 2.36. The zero-order valence-corrected chi connectivity index (χ0v) is 17.7. The topological polar surface area (TPSA) is 221 Å². The van der Waals surface area contributed by atoms with Crippen molar-refractivity contribution in [3.8, 4) is 0 Å². The molecule has 2 heterocycles. The third kappa shape index (κ3) is 9.97. The maximum Gasteiger partial charge on any atom is 0.400 e. The number of hydrogen-bond donors (Lipinski definition) is 5. The molecule has 2 rings (SSSR count). The van der Waals surface area contributed by atoms with Crippen LogP contribution >= 0.6 is 7.75 Å². The van der Waals surface area contributed by atoms with E-state index < -0.39 is 49.4 Å². The molecule has 15 nitrogen and oxygen atoms in total. The highest BCUT2D eigenvalue weighted by atomic mass is 31.2. The number of aliphatic hydroxyl groups is 1. The number of nitrogens with one attached hydrogen (secondary N) is 2. The molecule has 0 radical (unpaired) electrons. The quantitative estimate of drug-likeness (QED) is 0.192. The van der Waals surface area contributed by atoms with Crippen LogP contribution in [0.25, 0.3) is 0 Å². The molecule has 1 unspecified atom stereocenters. The molecule has 0 amide bonds. The van der Waals surface area contributed by atoms with E-state index in [2.05, 4.69) is 24.3 Å². The second kappa shape index (κ2) is 12.5. The summed E-state index contributed by atoms with van der Waals surface area (Å²) in [6.07, 6.45) is -1.39. The van der Waals surface area contributed by atoms with Gasteiger partial charge in [-0.1, -0.05) is 0 Å². The number of rotatable bonds is 8. The number of nitrogens with two attached hydrogens (primary N) is 1. The van der Waals surface area contributed by atoms with E-state index in [1.165, 1.54) is 20.4 Å². The number of aliphatic hydroxyl groups excluding tert-OH is 1. The molecule has 0 aromatic carbocycles. The minimum Gasteiger partial charge on any atom is -0.468 e. The van der Waals surface area contributed by atoms with Crippen molar-refractivity contribution in [2.24, 2.45) is 5.50 Å². The predicted molar refractivity (Wildman–Crippen MR) is 103 cm³/mol. The first-order valence-electron chi connectivity index (χ1n) is 8.72. The van der Waals surface area contributed by atoms with Crippen LogP contribution in [-0.2, 0) is 32.9 Å². The normalized spacial score (nSPS) is 22.0. The van der Waals surface area contributed by atoms with E-state index >= 15 is 0 Å². The number of H-pyrrole nitrogens is 1. The van der Waals surface area contributed by atoms with Crippen LogP contribution in [0.3, 0.4) is 0 Å². The number of methoxy groups -OCH3 is 2. The largest absolute Gasteiger partial charge is 0.468 e. The first-order valence-corrected chi connectivity index (χ1v) is 10.4. The van der Waals surface area contributed by atoms with Gasteiger partial charge in [0.05, 0.1) is 40.0 Å². The summed E-state index contributed by atoms with van der Waals surface area (Å²) in [5.41, 5.74) is 3.58. The highest BCUT2D eigenvalue weighted by Crippen LogP contribution is 2.34. The molecule has 16 heteroatoms. The molecule has 0 bridgehead atoms. The van der Waals surface area contributed by atoms with Crippen molar-refractivity contribution in [3.05, 3.63) is 33.1 Å². The summed E-state index contributed by atoms with van der Waals surface area (Å²) in [5, 5.41) is 12.3. The van der Waals surface area contributed by atoms with Crippen molar-refractivity contribution in [2.75, 3.05) is 33.9 Å². The van der Waals surface area contributed by atoms with Crippen LogP contribution in [0.5, 0.6) is 0 Å². The van der Waals surface area contributed by atoms with Crippen LogP contribution in [0.1, 0.15) is 12.6 Å². The predicted octanol–water partition coefficient (Wildman–Crippen LogP) is -2.82. The van der Waals surface area contributed by atoms with Crippen LogP contribution in [0.2, 0.25) is 0 Å². The van der Waals surface area contributed by atoms with E-state index in [4.69, 9.17) is 15.1 Å². The third-order valence-corrected chi connectivity index (χ3v) is 4.30. The zero-order chi connectivity index (χ0) is 23.6. The van der Waals surface area contributed by atoms with Crippen LogP contribution in [0, 0.1) is 0 Å². The summed E-state index contributed by atoms with van der Waals surface area (Å²) in [6.45, 7) is -0.350. The fourth-order valence-corrected chi connectivity index (χ4v) is 2.64. The monoisotopic (exact) mass is 468 g/mol. The molecule has 6 N–H and O–H groups in total. The van der Waals surface area contributed by atoms with Crippen LogP contribution in [-0.4, -0.2) is 77.6 Å². The van der Waals surface area contributed by atoms with Gasteiger partial charge in [-0.05, 0) is 0 Å². The van der Waals surface area contributed by atoms with Gasteiger partial charge in [0.15, 0.2) is 0 Å². The average Bonchev–Trinajstić information content (AvgIpc) is 3.06. The summed E-state index contributed by atoms with van der Waals surface area (Å²) in [6, 6.07) is 1.14. The SMILES string of the molecule is COC(=O)CNCC(=O)OC.NP(=O)(O)OC[C@H]1O[C@@H](n2ccc(=O)[nH]c2=O)C[C@@H]1O. The number of nitrogens with zero attached hydrogens (tertiary/aromatic N) is 1. The van der Waals surface area contributed by atoms with Crippen molar-refractivity contribution >= 4 is 19.7 Å². The van der Waals surface area contributed by atoms with Gasteiger partial charge in [0, 0.05) is 18.7 Å². The standard InChI is InChI=1S/C9H14N3O7P.C6H11NO4/c10-20(16,17)18-4-6-5(13)3-8(19-6)12-2-1-7(14)11-9(12)15;1-10-5(8)3-7-4-6(9)11-2/h1-2,5-6,8,13H,3-4H2,(H3,10,16,17)(H,11,14,15);7H,3-4H2,1-2H3/t5-,6+,8+;/m0./s1. The van der Waals surface area contributed by atoms with Crippen LogP contribution in [0.4, 0.5) is 0 Å². The maximum absolute atomic E-state index is 11.6. The Kier molecular flexibility index (Phi) is 10.7. The van der Waals surface area contributed by atoms with Crippen LogP contribution < -0.4 is 22.1 Å². The van der Waals surface area contributed by atoms with Gasteiger partial charge in [-0.15, -0.1) is 0 Å². The molecule has 1 aliphatic rings. The van der Waals surface area contributed by atoms with E-state index in [1.54, 1.807) is 0 Å². The Bertz CT molecular complexity index is 879. The number of hydrogen-bond acceptors (Lipinski definition) is 11. The van der Waals surface area contributed by atoms with E-state index in [0.717, 1.165) is 10.6 Å². The lowest BCUT2D eigenvalue weighted by atomic mass is 10.2. The Morgan fingerprint density at radius 3 is 2.39 bits per heavy atom. The molecule has 1 aromatic heterocycles. The molecule has 176 valence electrons. The van der Waals surface area contributed by atoms with Gasteiger partial charge >= 0.3 is 25.4 Å². The van der Waals surface area contributed by atoms with Gasteiger partial charge in [-0.2, -0.15) is 0 Å². The molecule has 0 aliphatic carbocycles. The van der Waals surface area contributed by atoms with Crippen molar-refractivity contribution in [1.82, 2.24) is 14.9 Å². The number of aromatic amines is 1. The lowest BCUT2D eigenvalue weighted by molar-refractivity contribution is -0.141. The first-order chi connectivity index (χ1) is 14.5. The highest BCUT2D eigenvalue weighted by molar-refractivity contribution is 7.50. The summed E-state index contributed by atoms with van der Waals surface area (Å²) in [4.78, 5) is 54.3. The molecule has 31 heavy (non-hydrogen) atoms. The smallest absolute Gasteiger partial charge is 0.400 e.